The Labute approximate surface area is 123 Å². The van der Waals surface area contributed by atoms with Crippen molar-refractivity contribution in [2.45, 2.75) is 6.10 Å². The summed E-state index contributed by atoms with van der Waals surface area (Å²) in [4.78, 5) is 8.14. The lowest BCUT2D eigenvalue weighted by Crippen LogP contribution is -2.07. The molecule has 0 amide bonds. The topological polar surface area (TPSA) is 64.5 Å². The first-order valence-corrected chi connectivity index (χ1v) is 6.71. The molecule has 0 bridgehead atoms. The number of halogens is 2. The van der Waals surface area contributed by atoms with Crippen LogP contribution < -0.4 is 9.47 Å². The SMILES string of the molecule is COc1cnc(C(O)c2cc(Cl)sc2Cl)c(OC)n1. The number of aromatic nitrogens is 2. The third kappa shape index (κ3) is 2.92. The average Bonchev–Trinajstić information content (AvgIpc) is 2.76. The molecule has 8 heteroatoms. The van der Waals surface area contributed by atoms with Crippen molar-refractivity contribution in [3.05, 3.63) is 32.2 Å². The van der Waals surface area contributed by atoms with Crippen LogP contribution in [0.1, 0.15) is 17.4 Å². The standard InChI is InChI=1S/C11H10Cl2N2O3S/c1-17-7-4-14-8(11(15-7)18-2)9(16)5-3-6(12)19-10(5)13/h3-4,9,16H,1-2H3. The molecular weight excluding hydrogens is 311 g/mol. The first-order chi connectivity index (χ1) is 9.06. The van der Waals surface area contributed by atoms with Gasteiger partial charge in [0.2, 0.25) is 11.8 Å². The summed E-state index contributed by atoms with van der Waals surface area (Å²) in [7, 11) is 2.90. The molecule has 0 aliphatic rings. The molecule has 0 aliphatic heterocycles. The highest BCUT2D eigenvalue weighted by molar-refractivity contribution is 7.20. The molecule has 0 aromatic carbocycles. The number of rotatable bonds is 4. The molecule has 0 fully saturated rings. The van der Waals surface area contributed by atoms with E-state index in [0.29, 0.717) is 20.1 Å². The van der Waals surface area contributed by atoms with Crippen LogP contribution in [0.2, 0.25) is 8.67 Å². The van der Waals surface area contributed by atoms with E-state index in [1.807, 2.05) is 0 Å². The molecule has 2 heterocycles. The Hall–Kier alpha value is -1.08. The molecule has 0 saturated heterocycles. The van der Waals surface area contributed by atoms with E-state index in [9.17, 15) is 5.11 Å². The van der Waals surface area contributed by atoms with E-state index in [1.165, 1.54) is 31.8 Å². The van der Waals surface area contributed by atoms with Crippen LogP contribution in [0, 0.1) is 0 Å². The van der Waals surface area contributed by atoms with Crippen molar-refractivity contribution in [2.24, 2.45) is 0 Å². The van der Waals surface area contributed by atoms with Gasteiger partial charge in [-0.2, -0.15) is 4.98 Å². The van der Waals surface area contributed by atoms with E-state index < -0.39 is 6.10 Å². The maximum atomic E-state index is 10.3. The van der Waals surface area contributed by atoms with Gasteiger partial charge >= 0.3 is 0 Å². The second-order valence-corrected chi connectivity index (χ2v) is 5.77. The molecule has 5 nitrogen and oxygen atoms in total. The second-order valence-electron chi connectivity index (χ2n) is 3.49. The number of ether oxygens (including phenoxy) is 2. The third-order valence-corrected chi connectivity index (χ3v) is 3.90. The van der Waals surface area contributed by atoms with Crippen molar-refractivity contribution in [3.63, 3.8) is 0 Å². The summed E-state index contributed by atoms with van der Waals surface area (Å²) in [5, 5.41) is 10.3. The highest BCUT2D eigenvalue weighted by atomic mass is 35.5. The highest BCUT2D eigenvalue weighted by Crippen LogP contribution is 2.38. The minimum absolute atomic E-state index is 0.172. The molecule has 0 saturated carbocycles. The normalized spacial score (nSPS) is 12.3. The van der Waals surface area contributed by atoms with Gasteiger partial charge in [0.05, 0.1) is 24.8 Å². The fourth-order valence-corrected chi connectivity index (χ4v) is 3.01. The first-order valence-electron chi connectivity index (χ1n) is 5.14. The predicted octanol–water partition coefficient (Wildman–Crippen LogP) is 2.94. The molecule has 0 spiro atoms. The van der Waals surface area contributed by atoms with E-state index in [0.717, 1.165) is 0 Å². The summed E-state index contributed by atoms with van der Waals surface area (Å²) in [5.41, 5.74) is 0.717. The molecule has 1 atom stereocenters. The summed E-state index contributed by atoms with van der Waals surface area (Å²) in [6, 6.07) is 1.59. The van der Waals surface area contributed by atoms with Gasteiger partial charge in [-0.3, -0.25) is 0 Å². The van der Waals surface area contributed by atoms with E-state index in [4.69, 9.17) is 32.7 Å². The van der Waals surface area contributed by atoms with Gasteiger partial charge in [0.15, 0.2) is 0 Å². The number of nitrogens with zero attached hydrogens (tertiary/aromatic N) is 2. The lowest BCUT2D eigenvalue weighted by molar-refractivity contribution is 0.207. The van der Waals surface area contributed by atoms with E-state index in [2.05, 4.69) is 9.97 Å². The Bertz CT molecular complexity index is 591. The number of thiophene rings is 1. The minimum Gasteiger partial charge on any atom is -0.480 e. The molecule has 2 rings (SSSR count). The van der Waals surface area contributed by atoms with Crippen molar-refractivity contribution in [3.8, 4) is 11.8 Å². The van der Waals surface area contributed by atoms with Crippen LogP contribution in [-0.4, -0.2) is 29.3 Å². The first kappa shape index (κ1) is 14.3. The van der Waals surface area contributed by atoms with E-state index in [-0.39, 0.29) is 11.6 Å². The van der Waals surface area contributed by atoms with Crippen LogP contribution in [-0.2, 0) is 0 Å². The fraction of sp³-hybridized carbons (Fsp3) is 0.273. The maximum absolute atomic E-state index is 10.3. The van der Waals surface area contributed by atoms with Gasteiger partial charge in [0.1, 0.15) is 16.1 Å². The van der Waals surface area contributed by atoms with E-state index in [1.54, 1.807) is 6.07 Å². The van der Waals surface area contributed by atoms with Crippen molar-refractivity contribution < 1.29 is 14.6 Å². The molecule has 1 unspecified atom stereocenters. The van der Waals surface area contributed by atoms with Crippen molar-refractivity contribution in [2.75, 3.05) is 14.2 Å². The second kappa shape index (κ2) is 5.92. The zero-order chi connectivity index (χ0) is 14.0. The van der Waals surface area contributed by atoms with Crippen LogP contribution in [0.5, 0.6) is 11.8 Å². The zero-order valence-electron chi connectivity index (χ0n) is 10.1. The number of aliphatic hydroxyl groups is 1. The van der Waals surface area contributed by atoms with Crippen LogP contribution in [0.15, 0.2) is 12.3 Å². The van der Waals surface area contributed by atoms with Gasteiger partial charge in [-0.1, -0.05) is 23.2 Å². The summed E-state index contributed by atoms with van der Waals surface area (Å²) < 4.78 is 10.9. The zero-order valence-corrected chi connectivity index (χ0v) is 12.4. The Morgan fingerprint density at radius 3 is 2.58 bits per heavy atom. The summed E-state index contributed by atoms with van der Waals surface area (Å²) in [6.45, 7) is 0. The number of aliphatic hydroxyl groups excluding tert-OH is 1. The van der Waals surface area contributed by atoms with Gasteiger partial charge in [-0.05, 0) is 6.07 Å². The molecule has 1 N–H and O–H groups in total. The van der Waals surface area contributed by atoms with Gasteiger partial charge in [0.25, 0.3) is 0 Å². The van der Waals surface area contributed by atoms with Crippen molar-refractivity contribution in [1.82, 2.24) is 9.97 Å². The number of hydrogen-bond acceptors (Lipinski definition) is 6. The molecule has 19 heavy (non-hydrogen) atoms. The van der Waals surface area contributed by atoms with Crippen LogP contribution in [0.25, 0.3) is 0 Å². The largest absolute Gasteiger partial charge is 0.480 e. The molecule has 0 radical (unpaired) electrons. The van der Waals surface area contributed by atoms with Gasteiger partial charge in [-0.25, -0.2) is 4.98 Å². The van der Waals surface area contributed by atoms with Crippen molar-refractivity contribution in [1.29, 1.82) is 0 Å². The Kier molecular flexibility index (Phi) is 4.46. The molecule has 102 valence electrons. The Morgan fingerprint density at radius 1 is 1.32 bits per heavy atom. The van der Waals surface area contributed by atoms with Crippen LogP contribution in [0.4, 0.5) is 0 Å². The average molecular weight is 321 g/mol. The van der Waals surface area contributed by atoms with Gasteiger partial charge in [-0.15, -0.1) is 11.3 Å². The fourth-order valence-electron chi connectivity index (χ4n) is 1.49. The summed E-state index contributed by atoms with van der Waals surface area (Å²) in [5.74, 6) is 0.465. The van der Waals surface area contributed by atoms with Crippen molar-refractivity contribution >= 4 is 34.5 Å². The maximum Gasteiger partial charge on any atom is 0.241 e. The highest BCUT2D eigenvalue weighted by Gasteiger charge is 2.23. The monoisotopic (exact) mass is 320 g/mol. The number of hydrogen-bond donors (Lipinski definition) is 1. The van der Waals surface area contributed by atoms with Gasteiger partial charge < -0.3 is 14.6 Å². The lowest BCUT2D eigenvalue weighted by atomic mass is 10.1. The Morgan fingerprint density at radius 2 is 2.05 bits per heavy atom. The predicted molar refractivity (Wildman–Crippen MR) is 73.5 cm³/mol. The molecule has 0 aliphatic carbocycles. The van der Waals surface area contributed by atoms with E-state index >= 15 is 0 Å². The van der Waals surface area contributed by atoms with Crippen LogP contribution in [0.3, 0.4) is 0 Å². The smallest absolute Gasteiger partial charge is 0.241 e. The molecule has 2 aromatic heterocycles. The Balaban J connectivity index is 2.43. The summed E-state index contributed by atoms with van der Waals surface area (Å²) in [6.07, 6.45) is 0.327. The summed E-state index contributed by atoms with van der Waals surface area (Å²) >= 11 is 13.0. The molecule has 2 aromatic rings. The number of methoxy groups -OCH3 is 2. The lowest BCUT2D eigenvalue weighted by Gasteiger charge is -2.13. The third-order valence-electron chi connectivity index (χ3n) is 2.38. The van der Waals surface area contributed by atoms with Crippen LogP contribution >= 0.6 is 34.5 Å². The van der Waals surface area contributed by atoms with Gasteiger partial charge in [0, 0.05) is 5.56 Å². The quantitative estimate of drug-likeness (QED) is 0.938. The molecular formula is C11H10Cl2N2O3S. The minimum atomic E-state index is -1.07.